The van der Waals surface area contributed by atoms with Crippen molar-refractivity contribution >= 4 is 52.2 Å². The van der Waals surface area contributed by atoms with E-state index in [1.54, 1.807) is 29.2 Å². The van der Waals surface area contributed by atoms with Gasteiger partial charge in [0.25, 0.3) is 0 Å². The Morgan fingerprint density at radius 2 is 1.72 bits per heavy atom. The van der Waals surface area contributed by atoms with E-state index in [2.05, 4.69) is 10.6 Å². The van der Waals surface area contributed by atoms with Gasteiger partial charge in [0, 0.05) is 30.0 Å². The van der Waals surface area contributed by atoms with Crippen LogP contribution in [0.4, 0.5) is 21.9 Å². The molecule has 1 aliphatic heterocycles. The van der Waals surface area contributed by atoms with E-state index in [4.69, 9.17) is 23.2 Å². The minimum absolute atomic E-state index is 0.132. The molecule has 0 spiro atoms. The largest absolute Gasteiger partial charge is 0.323 e. The molecule has 0 aromatic heterocycles. The number of anilines is 3. The van der Waals surface area contributed by atoms with Crippen LogP contribution in [0.3, 0.4) is 0 Å². The van der Waals surface area contributed by atoms with E-state index < -0.39 is 0 Å². The molecule has 130 valence electrons. The van der Waals surface area contributed by atoms with E-state index >= 15 is 0 Å². The summed E-state index contributed by atoms with van der Waals surface area (Å²) in [5.41, 5.74) is 3.18. The number of nitrogens with zero attached hydrogens (tertiary/aromatic N) is 1. The average Bonchev–Trinajstić information content (AvgIpc) is 2.58. The maximum atomic E-state index is 12.2. The van der Waals surface area contributed by atoms with Crippen molar-refractivity contribution in [1.29, 1.82) is 0 Å². The molecule has 3 rings (SSSR count). The first kappa shape index (κ1) is 17.6. The Kier molecular flexibility index (Phi) is 5.16. The van der Waals surface area contributed by atoms with Crippen LogP contribution in [-0.4, -0.2) is 18.5 Å². The average molecular weight is 378 g/mol. The van der Waals surface area contributed by atoms with Crippen molar-refractivity contribution in [3.63, 3.8) is 0 Å². The van der Waals surface area contributed by atoms with Crippen LogP contribution >= 0.6 is 23.2 Å². The number of amides is 3. The molecule has 0 saturated carbocycles. The molecular weight excluding hydrogens is 361 g/mol. The highest BCUT2D eigenvalue weighted by atomic mass is 35.5. The fraction of sp³-hybridized carbons (Fsp3) is 0.222. The van der Waals surface area contributed by atoms with E-state index in [1.165, 1.54) is 0 Å². The number of urea groups is 1. The molecule has 0 saturated heterocycles. The summed E-state index contributed by atoms with van der Waals surface area (Å²) < 4.78 is 0. The van der Waals surface area contributed by atoms with Crippen molar-refractivity contribution in [2.75, 3.05) is 22.1 Å². The summed E-state index contributed by atoms with van der Waals surface area (Å²) in [6.45, 7) is 2.58. The normalized spacial score (nSPS) is 13.4. The number of hydrogen-bond donors (Lipinski definition) is 2. The van der Waals surface area contributed by atoms with E-state index in [0.29, 0.717) is 40.8 Å². The third kappa shape index (κ3) is 3.89. The zero-order valence-corrected chi connectivity index (χ0v) is 15.1. The Labute approximate surface area is 155 Å². The van der Waals surface area contributed by atoms with Gasteiger partial charge in [0.2, 0.25) is 5.91 Å². The first-order valence-electron chi connectivity index (χ1n) is 7.94. The van der Waals surface area contributed by atoms with Crippen LogP contribution in [0.25, 0.3) is 0 Å². The SMILES string of the molecule is CCN1C(=O)CCc2cc(NC(=O)Nc3ccc(Cl)c(Cl)c3)ccc21. The summed E-state index contributed by atoms with van der Waals surface area (Å²) in [5, 5.41) is 6.30. The minimum atomic E-state index is -0.377. The molecule has 0 radical (unpaired) electrons. The smallest absolute Gasteiger partial charge is 0.312 e. The Morgan fingerprint density at radius 1 is 1.04 bits per heavy atom. The van der Waals surface area contributed by atoms with Gasteiger partial charge in [-0.2, -0.15) is 0 Å². The lowest BCUT2D eigenvalue weighted by molar-refractivity contribution is -0.118. The molecule has 0 aliphatic carbocycles. The number of fused-ring (bicyclic) bond motifs is 1. The lowest BCUT2D eigenvalue weighted by atomic mass is 10.0. The molecular formula is C18H17Cl2N3O2. The lowest BCUT2D eigenvalue weighted by Crippen LogP contribution is -2.34. The minimum Gasteiger partial charge on any atom is -0.312 e. The number of carbonyl (C=O) groups is 2. The van der Waals surface area contributed by atoms with Gasteiger partial charge in [-0.25, -0.2) is 4.79 Å². The second kappa shape index (κ2) is 7.33. The molecule has 0 atom stereocenters. The summed E-state index contributed by atoms with van der Waals surface area (Å²) >= 11 is 11.8. The van der Waals surface area contributed by atoms with E-state index in [-0.39, 0.29) is 11.9 Å². The van der Waals surface area contributed by atoms with Crippen molar-refractivity contribution in [2.45, 2.75) is 19.8 Å². The van der Waals surface area contributed by atoms with E-state index in [1.807, 2.05) is 19.1 Å². The first-order valence-corrected chi connectivity index (χ1v) is 8.70. The third-order valence-corrected chi connectivity index (χ3v) is 4.77. The quantitative estimate of drug-likeness (QED) is 0.795. The zero-order valence-electron chi connectivity index (χ0n) is 13.6. The molecule has 1 aliphatic rings. The van der Waals surface area contributed by atoms with E-state index in [0.717, 1.165) is 11.3 Å². The van der Waals surface area contributed by atoms with Gasteiger partial charge in [-0.1, -0.05) is 23.2 Å². The number of benzene rings is 2. The molecule has 3 amide bonds. The standard InChI is InChI=1S/C18H17Cl2N3O2/c1-2-23-16-7-5-12(9-11(16)3-8-17(23)24)21-18(25)22-13-4-6-14(19)15(20)10-13/h4-7,9-10H,2-3,8H2,1H3,(H2,21,22,25). The molecule has 25 heavy (non-hydrogen) atoms. The van der Waals surface area contributed by atoms with Crippen LogP contribution < -0.4 is 15.5 Å². The monoisotopic (exact) mass is 377 g/mol. The zero-order chi connectivity index (χ0) is 18.0. The second-order valence-corrected chi connectivity index (χ2v) is 6.50. The number of hydrogen-bond acceptors (Lipinski definition) is 2. The molecule has 2 aromatic rings. The van der Waals surface area contributed by atoms with Crippen molar-refractivity contribution in [2.24, 2.45) is 0 Å². The van der Waals surface area contributed by atoms with Gasteiger partial charge in [-0.05, 0) is 55.3 Å². The maximum Gasteiger partial charge on any atom is 0.323 e. The topological polar surface area (TPSA) is 61.4 Å². The van der Waals surface area contributed by atoms with Crippen molar-refractivity contribution < 1.29 is 9.59 Å². The Hall–Kier alpha value is -2.24. The van der Waals surface area contributed by atoms with Crippen LogP contribution in [-0.2, 0) is 11.2 Å². The van der Waals surface area contributed by atoms with Gasteiger partial charge < -0.3 is 15.5 Å². The van der Waals surface area contributed by atoms with Crippen LogP contribution in [0.5, 0.6) is 0 Å². The third-order valence-electron chi connectivity index (χ3n) is 4.03. The highest BCUT2D eigenvalue weighted by Gasteiger charge is 2.22. The van der Waals surface area contributed by atoms with Crippen LogP contribution in [0.2, 0.25) is 10.0 Å². The van der Waals surface area contributed by atoms with Crippen molar-refractivity contribution in [1.82, 2.24) is 0 Å². The van der Waals surface area contributed by atoms with Gasteiger partial charge in [-0.3, -0.25) is 4.79 Å². The van der Waals surface area contributed by atoms with Gasteiger partial charge in [0.1, 0.15) is 0 Å². The molecule has 7 heteroatoms. The highest BCUT2D eigenvalue weighted by molar-refractivity contribution is 6.42. The predicted molar refractivity (Wildman–Crippen MR) is 102 cm³/mol. The number of aryl methyl sites for hydroxylation is 1. The fourth-order valence-corrected chi connectivity index (χ4v) is 3.15. The maximum absolute atomic E-state index is 12.2. The molecule has 0 bridgehead atoms. The molecule has 1 heterocycles. The summed E-state index contributed by atoms with van der Waals surface area (Å²) in [5.74, 6) is 0.132. The molecule has 5 nitrogen and oxygen atoms in total. The fourth-order valence-electron chi connectivity index (χ4n) is 2.85. The molecule has 0 fully saturated rings. The van der Waals surface area contributed by atoms with Crippen molar-refractivity contribution in [3.8, 4) is 0 Å². The summed E-state index contributed by atoms with van der Waals surface area (Å²) in [4.78, 5) is 25.8. The van der Waals surface area contributed by atoms with Crippen LogP contribution in [0.1, 0.15) is 18.9 Å². The number of halogens is 2. The van der Waals surface area contributed by atoms with Crippen LogP contribution in [0.15, 0.2) is 36.4 Å². The van der Waals surface area contributed by atoms with Crippen LogP contribution in [0, 0.1) is 0 Å². The summed E-state index contributed by atoms with van der Waals surface area (Å²) in [6.07, 6.45) is 1.16. The summed E-state index contributed by atoms with van der Waals surface area (Å²) in [7, 11) is 0. The first-order chi connectivity index (χ1) is 12.0. The van der Waals surface area contributed by atoms with Crippen molar-refractivity contribution in [3.05, 3.63) is 52.0 Å². The van der Waals surface area contributed by atoms with Gasteiger partial charge in [-0.15, -0.1) is 0 Å². The lowest BCUT2D eigenvalue weighted by Gasteiger charge is -2.28. The van der Waals surface area contributed by atoms with E-state index in [9.17, 15) is 9.59 Å². The Bertz CT molecular complexity index is 839. The second-order valence-electron chi connectivity index (χ2n) is 5.69. The molecule has 2 aromatic carbocycles. The van der Waals surface area contributed by atoms with Gasteiger partial charge >= 0.3 is 6.03 Å². The number of carbonyl (C=O) groups excluding carboxylic acids is 2. The number of rotatable bonds is 3. The van der Waals surface area contributed by atoms with Gasteiger partial charge in [0.15, 0.2) is 0 Å². The predicted octanol–water partition coefficient (Wildman–Crippen LogP) is 4.94. The number of nitrogens with one attached hydrogen (secondary N) is 2. The highest BCUT2D eigenvalue weighted by Crippen LogP contribution is 2.30. The molecule has 0 unspecified atom stereocenters. The Balaban J connectivity index is 1.72. The summed E-state index contributed by atoms with van der Waals surface area (Å²) in [6, 6.07) is 10.1. The Morgan fingerprint density at radius 3 is 2.40 bits per heavy atom. The van der Waals surface area contributed by atoms with Gasteiger partial charge in [0.05, 0.1) is 10.0 Å². The molecule has 2 N–H and O–H groups in total.